The van der Waals surface area contributed by atoms with Crippen LogP contribution in [0.25, 0.3) is 0 Å². The summed E-state index contributed by atoms with van der Waals surface area (Å²) in [6.07, 6.45) is 0. The van der Waals surface area contributed by atoms with Gasteiger partial charge in [-0.1, -0.05) is 35.3 Å². The smallest absolute Gasteiger partial charge is 0.262 e. The topological polar surface area (TPSA) is 43.4 Å². The Bertz CT molecular complexity index is 761. The van der Waals surface area contributed by atoms with Crippen LogP contribution in [-0.2, 0) is 15.7 Å². The van der Waals surface area contributed by atoms with E-state index in [-0.39, 0.29) is 33.1 Å². The third kappa shape index (κ3) is 4.01. The Morgan fingerprint density at radius 1 is 1.00 bits per heavy atom. The fraction of sp³-hybridized carbons (Fsp3) is 0.0769. The van der Waals surface area contributed by atoms with Crippen LogP contribution in [0.3, 0.4) is 0 Å². The van der Waals surface area contributed by atoms with E-state index in [1.807, 2.05) is 0 Å². The predicted octanol–water partition coefficient (Wildman–Crippen LogP) is 4.64. The fourth-order valence-electron chi connectivity index (χ4n) is 1.56. The maximum atomic E-state index is 12.8. The van der Waals surface area contributed by atoms with E-state index in [9.17, 15) is 12.8 Å². The molecule has 2 aromatic carbocycles. The average molecular weight is 370 g/mol. The lowest BCUT2D eigenvalue weighted by atomic mass is 10.2. The first-order valence-electron chi connectivity index (χ1n) is 5.59. The number of halogens is 4. The molecule has 112 valence electrons. The predicted molar refractivity (Wildman–Crippen MR) is 80.2 cm³/mol. The van der Waals surface area contributed by atoms with Crippen molar-refractivity contribution in [3.63, 3.8) is 0 Å². The molecule has 0 saturated carbocycles. The molecule has 8 heteroatoms. The van der Waals surface area contributed by atoms with Gasteiger partial charge in [-0.3, -0.25) is 0 Å². The molecule has 0 unspecified atom stereocenters. The highest BCUT2D eigenvalue weighted by atomic mass is 35.7. The van der Waals surface area contributed by atoms with Gasteiger partial charge in [-0.25, -0.2) is 12.8 Å². The first kappa shape index (κ1) is 16.4. The van der Waals surface area contributed by atoms with Crippen LogP contribution in [0.4, 0.5) is 4.39 Å². The van der Waals surface area contributed by atoms with Crippen molar-refractivity contribution >= 4 is 42.9 Å². The number of benzene rings is 2. The van der Waals surface area contributed by atoms with Crippen molar-refractivity contribution in [1.29, 1.82) is 0 Å². The molecule has 0 spiro atoms. The van der Waals surface area contributed by atoms with Gasteiger partial charge in [-0.15, -0.1) is 0 Å². The van der Waals surface area contributed by atoms with Crippen LogP contribution in [0.2, 0.25) is 10.0 Å². The number of hydrogen-bond donors (Lipinski definition) is 0. The molecule has 0 saturated heterocycles. The molecule has 0 aromatic heterocycles. The maximum absolute atomic E-state index is 12.8. The zero-order chi connectivity index (χ0) is 15.6. The normalized spacial score (nSPS) is 11.4. The van der Waals surface area contributed by atoms with E-state index < -0.39 is 9.05 Å². The summed E-state index contributed by atoms with van der Waals surface area (Å²) in [5.41, 5.74) is 0.720. The molecule has 3 nitrogen and oxygen atoms in total. The number of rotatable bonds is 4. The average Bonchev–Trinajstić information content (AvgIpc) is 2.41. The van der Waals surface area contributed by atoms with E-state index >= 15 is 0 Å². The minimum Gasteiger partial charge on any atom is -0.487 e. The molecule has 0 heterocycles. The van der Waals surface area contributed by atoms with Crippen LogP contribution in [0.5, 0.6) is 5.75 Å². The molecule has 0 atom stereocenters. The summed E-state index contributed by atoms with van der Waals surface area (Å²) in [5.74, 6) is -0.147. The Balaban J connectivity index is 2.22. The Morgan fingerprint density at radius 2 is 1.62 bits per heavy atom. The van der Waals surface area contributed by atoms with Crippen molar-refractivity contribution in [3.05, 3.63) is 57.8 Å². The molecular weight excluding hydrogens is 362 g/mol. The highest BCUT2D eigenvalue weighted by molar-refractivity contribution is 8.13. The second-order valence-electron chi connectivity index (χ2n) is 4.04. The Morgan fingerprint density at radius 3 is 2.19 bits per heavy atom. The van der Waals surface area contributed by atoms with E-state index in [0.29, 0.717) is 0 Å². The summed E-state index contributed by atoms with van der Waals surface area (Å²) in [5, 5.41) is -0.260. The van der Waals surface area contributed by atoms with Gasteiger partial charge < -0.3 is 4.74 Å². The molecular formula is C13H8Cl3FO3S. The number of ether oxygens (including phenoxy) is 1. The molecule has 0 bridgehead atoms. The second-order valence-corrected chi connectivity index (χ2v) is 7.33. The highest BCUT2D eigenvalue weighted by Gasteiger charge is 2.19. The van der Waals surface area contributed by atoms with Gasteiger partial charge in [0.05, 0.1) is 5.02 Å². The summed E-state index contributed by atoms with van der Waals surface area (Å²) in [6.45, 7) is 0.128. The molecule has 0 radical (unpaired) electrons. The highest BCUT2D eigenvalue weighted by Crippen LogP contribution is 2.38. The van der Waals surface area contributed by atoms with E-state index in [1.54, 1.807) is 12.1 Å². The van der Waals surface area contributed by atoms with Crippen molar-refractivity contribution in [2.75, 3.05) is 0 Å². The zero-order valence-corrected chi connectivity index (χ0v) is 13.4. The lowest BCUT2D eigenvalue weighted by Gasteiger charge is -2.10. The summed E-state index contributed by atoms with van der Waals surface area (Å²) in [7, 11) is 1.24. The van der Waals surface area contributed by atoms with Gasteiger partial charge in [0.15, 0.2) is 0 Å². The number of hydrogen-bond acceptors (Lipinski definition) is 3. The van der Waals surface area contributed by atoms with Gasteiger partial charge in [0, 0.05) is 10.7 Å². The van der Waals surface area contributed by atoms with E-state index in [0.717, 1.165) is 5.56 Å². The SMILES string of the molecule is O=S(=O)(Cl)c1ccc(OCc2ccc(F)cc2)c(Cl)c1Cl. The lowest BCUT2D eigenvalue weighted by Crippen LogP contribution is -1.98. The lowest BCUT2D eigenvalue weighted by molar-refractivity contribution is 0.306. The van der Waals surface area contributed by atoms with E-state index in [1.165, 1.54) is 24.3 Å². The van der Waals surface area contributed by atoms with Gasteiger partial charge >= 0.3 is 0 Å². The van der Waals surface area contributed by atoms with Gasteiger partial charge in [-0.2, -0.15) is 0 Å². The van der Waals surface area contributed by atoms with Crippen LogP contribution >= 0.6 is 33.9 Å². The van der Waals surface area contributed by atoms with Crippen LogP contribution < -0.4 is 4.74 Å². The van der Waals surface area contributed by atoms with Gasteiger partial charge in [0.2, 0.25) is 0 Å². The van der Waals surface area contributed by atoms with E-state index in [4.69, 9.17) is 38.6 Å². The minimum absolute atomic E-state index is 0.0551. The zero-order valence-electron chi connectivity index (χ0n) is 10.3. The van der Waals surface area contributed by atoms with Gasteiger partial charge in [0.1, 0.15) is 28.1 Å². The first-order valence-corrected chi connectivity index (χ1v) is 8.65. The summed E-state index contributed by atoms with van der Waals surface area (Å²) in [4.78, 5) is -0.287. The van der Waals surface area contributed by atoms with Crippen LogP contribution in [0.15, 0.2) is 41.3 Å². The van der Waals surface area contributed by atoms with Gasteiger partial charge in [0.25, 0.3) is 9.05 Å². The van der Waals surface area contributed by atoms with Crippen molar-refractivity contribution in [3.8, 4) is 5.75 Å². The minimum atomic E-state index is -3.99. The largest absolute Gasteiger partial charge is 0.487 e. The van der Waals surface area contributed by atoms with E-state index in [2.05, 4.69) is 0 Å². The van der Waals surface area contributed by atoms with Crippen LogP contribution in [0, 0.1) is 5.82 Å². The van der Waals surface area contributed by atoms with Crippen molar-refractivity contribution in [1.82, 2.24) is 0 Å². The Labute approximate surface area is 135 Å². The molecule has 0 aliphatic heterocycles. The van der Waals surface area contributed by atoms with Crippen molar-refractivity contribution < 1.29 is 17.5 Å². The fourth-order valence-corrected chi connectivity index (χ4v) is 3.34. The molecule has 21 heavy (non-hydrogen) atoms. The molecule has 0 aliphatic rings. The summed E-state index contributed by atoms with van der Waals surface area (Å²) in [6, 6.07) is 8.28. The van der Waals surface area contributed by atoms with Gasteiger partial charge in [-0.05, 0) is 29.8 Å². The molecule has 0 fully saturated rings. The van der Waals surface area contributed by atoms with Crippen molar-refractivity contribution in [2.45, 2.75) is 11.5 Å². The first-order chi connectivity index (χ1) is 9.79. The monoisotopic (exact) mass is 368 g/mol. The quantitative estimate of drug-likeness (QED) is 0.737. The summed E-state index contributed by atoms with van der Waals surface area (Å²) >= 11 is 11.8. The maximum Gasteiger partial charge on any atom is 0.262 e. The summed E-state index contributed by atoms with van der Waals surface area (Å²) < 4.78 is 40.8. The van der Waals surface area contributed by atoms with Crippen LogP contribution in [0.1, 0.15) is 5.56 Å². The standard InChI is InChI=1S/C13H8Cl3FO3S/c14-12-10(5-6-11(13(12)15)21(16,18)19)20-7-8-1-3-9(17)4-2-8/h1-6H,7H2. The molecule has 0 N–H and O–H groups in total. The van der Waals surface area contributed by atoms with Crippen molar-refractivity contribution in [2.24, 2.45) is 0 Å². The molecule has 2 rings (SSSR count). The third-order valence-electron chi connectivity index (χ3n) is 2.58. The Hall–Kier alpha value is -1.01. The third-order valence-corrected chi connectivity index (χ3v) is 4.92. The Kier molecular flexibility index (Phi) is 4.99. The van der Waals surface area contributed by atoms with Crippen LogP contribution in [-0.4, -0.2) is 8.42 Å². The molecule has 0 aliphatic carbocycles. The molecule has 0 amide bonds. The second kappa shape index (κ2) is 6.40. The molecule has 2 aromatic rings.